The van der Waals surface area contributed by atoms with Crippen LogP contribution in [0.5, 0.6) is 5.75 Å². The number of benzene rings is 1. The molecule has 2 N–H and O–H groups in total. The summed E-state index contributed by atoms with van der Waals surface area (Å²) in [4.78, 5) is 35.7. The lowest BCUT2D eigenvalue weighted by Gasteiger charge is -2.09. The molecular formula is C14H11N3O4S. The molecule has 1 heterocycles. The van der Waals surface area contributed by atoms with Gasteiger partial charge in [0.1, 0.15) is 18.4 Å². The highest BCUT2D eigenvalue weighted by molar-refractivity contribution is 8.18. The SMILES string of the molecule is N#CCOc1ccccc1/C=C1\SC(=O)N(CC(N)=O)C1=O. The molecule has 7 nitrogen and oxygen atoms in total. The van der Waals surface area contributed by atoms with Gasteiger partial charge in [0.15, 0.2) is 6.61 Å². The smallest absolute Gasteiger partial charge is 0.294 e. The molecule has 1 fully saturated rings. The minimum Gasteiger partial charge on any atom is -0.478 e. The Morgan fingerprint density at radius 3 is 2.82 bits per heavy atom. The Hall–Kier alpha value is -2.79. The Balaban J connectivity index is 2.27. The fourth-order valence-electron chi connectivity index (χ4n) is 1.77. The highest BCUT2D eigenvalue weighted by Crippen LogP contribution is 2.33. The van der Waals surface area contributed by atoms with Crippen LogP contribution in [-0.2, 0) is 9.59 Å². The molecule has 0 saturated carbocycles. The van der Waals surface area contributed by atoms with Gasteiger partial charge in [-0.2, -0.15) is 5.26 Å². The molecule has 0 radical (unpaired) electrons. The molecular weight excluding hydrogens is 306 g/mol. The number of carbonyl (C=O) groups is 3. The summed E-state index contributed by atoms with van der Waals surface area (Å²) in [6, 6.07) is 8.65. The van der Waals surface area contributed by atoms with Gasteiger partial charge in [0.2, 0.25) is 5.91 Å². The van der Waals surface area contributed by atoms with Crippen LogP contribution in [0.3, 0.4) is 0 Å². The van der Waals surface area contributed by atoms with Crippen molar-refractivity contribution in [1.29, 1.82) is 5.26 Å². The lowest BCUT2D eigenvalue weighted by atomic mass is 10.2. The Bertz CT molecular complexity index is 708. The number of primary amides is 1. The number of nitriles is 1. The van der Waals surface area contributed by atoms with Gasteiger partial charge >= 0.3 is 0 Å². The number of nitrogens with two attached hydrogens (primary N) is 1. The van der Waals surface area contributed by atoms with Gasteiger partial charge in [-0.05, 0) is 23.9 Å². The summed E-state index contributed by atoms with van der Waals surface area (Å²) in [6.45, 7) is -0.581. The second kappa shape index (κ2) is 6.78. The van der Waals surface area contributed by atoms with Crippen molar-refractivity contribution in [2.45, 2.75) is 0 Å². The summed E-state index contributed by atoms with van der Waals surface area (Å²) >= 11 is 0.721. The number of nitrogens with zero attached hydrogens (tertiary/aromatic N) is 2. The van der Waals surface area contributed by atoms with Crippen LogP contribution in [0.25, 0.3) is 6.08 Å². The van der Waals surface area contributed by atoms with E-state index < -0.39 is 23.6 Å². The van der Waals surface area contributed by atoms with E-state index in [1.165, 1.54) is 6.08 Å². The summed E-state index contributed by atoms with van der Waals surface area (Å²) in [5, 5.41) is 8.00. The number of carbonyl (C=O) groups excluding carboxylic acids is 3. The maximum Gasteiger partial charge on any atom is 0.294 e. The van der Waals surface area contributed by atoms with Crippen molar-refractivity contribution >= 4 is 34.9 Å². The van der Waals surface area contributed by atoms with Crippen molar-refractivity contribution in [3.8, 4) is 11.8 Å². The van der Waals surface area contributed by atoms with Gasteiger partial charge < -0.3 is 10.5 Å². The maximum atomic E-state index is 12.1. The van der Waals surface area contributed by atoms with E-state index in [1.807, 2.05) is 6.07 Å². The topological polar surface area (TPSA) is 113 Å². The maximum absolute atomic E-state index is 12.1. The van der Waals surface area contributed by atoms with Crippen molar-refractivity contribution in [3.63, 3.8) is 0 Å². The van der Waals surface area contributed by atoms with Crippen molar-refractivity contribution in [1.82, 2.24) is 4.90 Å². The third-order valence-corrected chi connectivity index (χ3v) is 3.59. The highest BCUT2D eigenvalue weighted by atomic mass is 32.2. The van der Waals surface area contributed by atoms with Crippen LogP contribution in [0.15, 0.2) is 29.2 Å². The zero-order valence-electron chi connectivity index (χ0n) is 11.3. The molecule has 2 rings (SSSR count). The average molecular weight is 317 g/mol. The minimum absolute atomic E-state index is 0.131. The van der Waals surface area contributed by atoms with E-state index in [0.29, 0.717) is 11.3 Å². The summed E-state index contributed by atoms with van der Waals surface area (Å²) in [6.07, 6.45) is 1.48. The predicted molar refractivity (Wildman–Crippen MR) is 79.4 cm³/mol. The van der Waals surface area contributed by atoms with Crippen molar-refractivity contribution < 1.29 is 19.1 Å². The number of hydrogen-bond acceptors (Lipinski definition) is 6. The monoisotopic (exact) mass is 317 g/mol. The Kier molecular flexibility index (Phi) is 4.80. The fourth-order valence-corrected chi connectivity index (χ4v) is 2.60. The van der Waals surface area contributed by atoms with E-state index in [-0.39, 0.29) is 11.5 Å². The molecule has 0 unspecified atom stereocenters. The first-order valence-corrected chi connectivity index (χ1v) is 6.97. The molecule has 1 aromatic rings. The van der Waals surface area contributed by atoms with Crippen molar-refractivity contribution in [3.05, 3.63) is 34.7 Å². The van der Waals surface area contributed by atoms with Crippen molar-refractivity contribution in [2.75, 3.05) is 13.2 Å². The molecule has 0 bridgehead atoms. The van der Waals surface area contributed by atoms with Gasteiger partial charge in [0, 0.05) is 5.56 Å². The van der Waals surface area contributed by atoms with Crippen LogP contribution in [-0.4, -0.2) is 35.1 Å². The van der Waals surface area contributed by atoms with E-state index >= 15 is 0 Å². The third kappa shape index (κ3) is 3.45. The number of imide groups is 1. The first-order chi connectivity index (χ1) is 10.5. The Morgan fingerprint density at radius 2 is 2.14 bits per heavy atom. The van der Waals surface area contributed by atoms with Crippen LogP contribution in [0.4, 0.5) is 4.79 Å². The number of rotatable bonds is 5. The van der Waals surface area contributed by atoms with Gasteiger partial charge in [-0.3, -0.25) is 19.3 Å². The van der Waals surface area contributed by atoms with Crippen LogP contribution in [0.2, 0.25) is 0 Å². The number of amides is 3. The van der Waals surface area contributed by atoms with Crippen LogP contribution in [0.1, 0.15) is 5.56 Å². The van der Waals surface area contributed by atoms with Crippen LogP contribution >= 0.6 is 11.8 Å². The first-order valence-electron chi connectivity index (χ1n) is 6.15. The molecule has 0 atom stereocenters. The number of ether oxygens (including phenoxy) is 1. The molecule has 112 valence electrons. The van der Waals surface area contributed by atoms with E-state index in [4.69, 9.17) is 15.7 Å². The number of para-hydroxylation sites is 1. The zero-order chi connectivity index (χ0) is 16.1. The van der Waals surface area contributed by atoms with Crippen LogP contribution in [0, 0.1) is 11.3 Å². The molecule has 1 aliphatic rings. The summed E-state index contributed by atoms with van der Waals surface area (Å²) in [5.41, 5.74) is 5.57. The molecule has 0 aromatic heterocycles. The van der Waals surface area contributed by atoms with Gasteiger partial charge in [-0.1, -0.05) is 18.2 Å². The van der Waals surface area contributed by atoms with Crippen molar-refractivity contribution in [2.24, 2.45) is 5.73 Å². The third-order valence-electron chi connectivity index (χ3n) is 2.69. The fraction of sp³-hybridized carbons (Fsp3) is 0.143. The average Bonchev–Trinajstić information content (AvgIpc) is 2.73. The van der Waals surface area contributed by atoms with E-state index in [1.54, 1.807) is 24.3 Å². The number of thioether (sulfide) groups is 1. The Morgan fingerprint density at radius 1 is 1.41 bits per heavy atom. The van der Waals surface area contributed by atoms with E-state index in [0.717, 1.165) is 16.7 Å². The predicted octanol–water partition coefficient (Wildman–Crippen LogP) is 1.11. The molecule has 1 aliphatic heterocycles. The molecule has 22 heavy (non-hydrogen) atoms. The summed E-state index contributed by atoms with van der Waals surface area (Å²) < 4.78 is 5.25. The number of hydrogen-bond donors (Lipinski definition) is 1. The van der Waals surface area contributed by atoms with Crippen LogP contribution < -0.4 is 10.5 Å². The normalized spacial score (nSPS) is 16.0. The van der Waals surface area contributed by atoms with E-state index in [9.17, 15) is 14.4 Å². The first kappa shape index (κ1) is 15.6. The van der Waals surface area contributed by atoms with Gasteiger partial charge in [0.25, 0.3) is 11.1 Å². The molecule has 8 heteroatoms. The molecule has 0 spiro atoms. The quantitative estimate of drug-likeness (QED) is 0.814. The lowest BCUT2D eigenvalue weighted by molar-refractivity contribution is -0.127. The molecule has 1 saturated heterocycles. The largest absolute Gasteiger partial charge is 0.478 e. The molecule has 0 aliphatic carbocycles. The minimum atomic E-state index is -0.763. The summed E-state index contributed by atoms with van der Waals surface area (Å²) in [5.74, 6) is -0.920. The van der Waals surface area contributed by atoms with Gasteiger partial charge in [-0.15, -0.1) is 0 Å². The molecule has 1 aromatic carbocycles. The van der Waals surface area contributed by atoms with Gasteiger partial charge in [-0.25, -0.2) is 0 Å². The lowest BCUT2D eigenvalue weighted by Crippen LogP contribution is -2.36. The zero-order valence-corrected chi connectivity index (χ0v) is 12.1. The standard InChI is InChI=1S/C14H11N3O4S/c15-5-6-21-10-4-2-1-3-9(10)7-11-13(19)17(8-12(16)18)14(20)22-11/h1-4,7H,6,8H2,(H2,16,18)/b11-7-. The Labute approximate surface area is 130 Å². The second-order valence-corrected chi connectivity index (χ2v) is 5.21. The van der Waals surface area contributed by atoms with E-state index in [2.05, 4.69) is 0 Å². The summed E-state index contributed by atoms with van der Waals surface area (Å²) in [7, 11) is 0. The van der Waals surface area contributed by atoms with Gasteiger partial charge in [0.05, 0.1) is 4.91 Å². The highest BCUT2D eigenvalue weighted by Gasteiger charge is 2.35. The molecule has 3 amide bonds. The second-order valence-electron chi connectivity index (χ2n) is 4.22.